The molecule has 90 valence electrons. The Kier molecular flexibility index (Phi) is 10.0. The van der Waals surface area contributed by atoms with Crippen LogP contribution in [0.3, 0.4) is 0 Å². The van der Waals surface area contributed by atoms with Crippen LogP contribution in [0.5, 0.6) is 0 Å². The maximum Gasteiger partial charge on any atom is 0.261 e. The van der Waals surface area contributed by atoms with Gasteiger partial charge in [0.15, 0.2) is 0 Å². The molecule has 1 atom stereocenters. The van der Waals surface area contributed by atoms with E-state index in [2.05, 4.69) is 39.5 Å². The van der Waals surface area contributed by atoms with Crippen molar-refractivity contribution in [1.29, 1.82) is 0 Å². The summed E-state index contributed by atoms with van der Waals surface area (Å²) in [5, 5.41) is 4.54. The first-order chi connectivity index (χ1) is 7.23. The second kappa shape index (κ2) is 9.70. The third kappa shape index (κ3) is 5.95. The van der Waals surface area contributed by atoms with Crippen molar-refractivity contribution in [3.63, 3.8) is 0 Å². The number of hydrogen-bond acceptors (Lipinski definition) is 1. The van der Waals surface area contributed by atoms with Crippen LogP contribution in [0, 0.1) is 0 Å². The molecule has 0 rings (SSSR count). The van der Waals surface area contributed by atoms with E-state index >= 15 is 0 Å². The molecule has 0 aromatic heterocycles. The minimum atomic E-state index is -0.352. The lowest BCUT2D eigenvalue weighted by Crippen LogP contribution is -2.35. The van der Waals surface area contributed by atoms with Crippen molar-refractivity contribution in [1.82, 2.24) is 4.90 Å². The zero-order valence-corrected chi connectivity index (χ0v) is 12.7. The molecule has 0 aliphatic carbocycles. The Morgan fingerprint density at radius 2 is 1.47 bits per heavy atom. The van der Waals surface area contributed by atoms with Crippen LogP contribution in [0.2, 0.25) is 15.8 Å². The van der Waals surface area contributed by atoms with Gasteiger partial charge < -0.3 is 4.90 Å². The predicted molar refractivity (Wildman–Crippen MR) is 73.1 cm³/mol. The molecule has 0 fully saturated rings. The highest BCUT2D eigenvalue weighted by Crippen LogP contribution is 2.15. The standard InChI is InChI=1S/C9H20N.2C2H5.Al/c1-5-9(6-2)10(7-3)8-4;2*1-2;/h9H,1,5-8H2,2-4H3;2*1H2,2H3;. The van der Waals surface area contributed by atoms with Gasteiger partial charge in [0.05, 0.1) is 0 Å². The van der Waals surface area contributed by atoms with Gasteiger partial charge in [-0.15, -0.1) is 0 Å². The summed E-state index contributed by atoms with van der Waals surface area (Å²) in [6, 6.07) is 0.855. The summed E-state index contributed by atoms with van der Waals surface area (Å²) in [4.78, 5) is 2.64. The smallest absolute Gasteiger partial charge is 0.261 e. The van der Waals surface area contributed by atoms with Crippen molar-refractivity contribution in [2.24, 2.45) is 0 Å². The third-order valence-corrected chi connectivity index (χ3v) is 7.32. The van der Waals surface area contributed by atoms with Crippen LogP contribution in [-0.2, 0) is 0 Å². The fourth-order valence-electron chi connectivity index (χ4n) is 2.51. The maximum atomic E-state index is 2.64. The van der Waals surface area contributed by atoms with Crippen LogP contribution in [0.15, 0.2) is 0 Å². The molecule has 15 heavy (non-hydrogen) atoms. The summed E-state index contributed by atoms with van der Waals surface area (Å²) in [5.74, 6) is 0. The van der Waals surface area contributed by atoms with Crippen molar-refractivity contribution in [3.8, 4) is 0 Å². The fourth-order valence-corrected chi connectivity index (χ4v) is 4.76. The number of nitrogens with zero attached hydrogens (tertiary/aromatic N) is 1. The van der Waals surface area contributed by atoms with Gasteiger partial charge in [0.1, 0.15) is 0 Å². The van der Waals surface area contributed by atoms with Gasteiger partial charge in [-0.25, -0.2) is 0 Å². The molecule has 1 nitrogen and oxygen atoms in total. The summed E-state index contributed by atoms with van der Waals surface area (Å²) >= 11 is -0.352. The van der Waals surface area contributed by atoms with E-state index in [4.69, 9.17) is 0 Å². The first-order valence-electron chi connectivity index (χ1n) is 6.97. The average Bonchev–Trinajstić information content (AvgIpc) is 2.29. The normalized spacial score (nSPS) is 13.2. The Bertz CT molecular complexity index is 130. The molecule has 0 aromatic rings. The van der Waals surface area contributed by atoms with Gasteiger partial charge >= 0.3 is 0 Å². The minimum absolute atomic E-state index is 0.352. The molecule has 2 heteroatoms. The molecule has 0 bridgehead atoms. The van der Waals surface area contributed by atoms with Crippen LogP contribution in [0.4, 0.5) is 0 Å². The van der Waals surface area contributed by atoms with Crippen molar-refractivity contribution in [2.75, 3.05) is 13.1 Å². The quantitative estimate of drug-likeness (QED) is 0.537. The highest BCUT2D eigenvalue weighted by Gasteiger charge is 2.17. The lowest BCUT2D eigenvalue weighted by atomic mass is 10.1. The molecule has 0 amide bonds. The molecular weight excluding hydrogens is 197 g/mol. The average molecular weight is 227 g/mol. The Balaban J connectivity index is 3.97. The Morgan fingerprint density at radius 3 is 1.80 bits per heavy atom. The fraction of sp³-hybridized carbons (Fsp3) is 1.00. The van der Waals surface area contributed by atoms with Gasteiger partial charge in [-0.05, 0) is 25.9 Å². The Hall–Kier alpha value is 0.492. The monoisotopic (exact) mass is 227 g/mol. The van der Waals surface area contributed by atoms with E-state index < -0.39 is 0 Å². The number of rotatable bonds is 9. The lowest BCUT2D eigenvalue weighted by molar-refractivity contribution is 0.205. The molecule has 0 aliphatic rings. The van der Waals surface area contributed by atoms with E-state index in [1.807, 2.05) is 0 Å². The SMILES string of the molecule is CCC(C[CH2][Al]([CH2]C)[CH2]C)N(CC)CC. The summed E-state index contributed by atoms with van der Waals surface area (Å²) in [7, 11) is 0. The van der Waals surface area contributed by atoms with Gasteiger partial charge in [0.2, 0.25) is 0 Å². The maximum absolute atomic E-state index is 2.64. The Morgan fingerprint density at radius 1 is 0.933 bits per heavy atom. The van der Waals surface area contributed by atoms with E-state index in [0.717, 1.165) is 6.04 Å². The highest BCUT2D eigenvalue weighted by atomic mass is 27.2. The second-order valence-corrected chi connectivity index (χ2v) is 8.49. The summed E-state index contributed by atoms with van der Waals surface area (Å²) in [6.07, 6.45) is 2.78. The summed E-state index contributed by atoms with van der Waals surface area (Å²) in [5.41, 5.74) is 0. The van der Waals surface area contributed by atoms with E-state index in [1.54, 1.807) is 5.28 Å². The zero-order chi connectivity index (χ0) is 11.7. The third-order valence-electron chi connectivity index (χ3n) is 3.86. The minimum Gasteiger partial charge on any atom is -0.301 e. The molecule has 0 spiro atoms. The van der Waals surface area contributed by atoms with Crippen molar-refractivity contribution < 1.29 is 0 Å². The van der Waals surface area contributed by atoms with Crippen LogP contribution in [0.1, 0.15) is 47.5 Å². The summed E-state index contributed by atoms with van der Waals surface area (Å²) < 4.78 is 0. The van der Waals surface area contributed by atoms with Crippen LogP contribution >= 0.6 is 0 Å². The predicted octanol–water partition coefficient (Wildman–Crippen LogP) is 4.03. The van der Waals surface area contributed by atoms with Crippen molar-refractivity contribution >= 4 is 14.1 Å². The molecule has 0 saturated heterocycles. The van der Waals surface area contributed by atoms with Gasteiger partial charge in [0, 0.05) is 6.04 Å². The molecule has 1 unspecified atom stereocenters. The van der Waals surface area contributed by atoms with E-state index in [0.29, 0.717) is 0 Å². The lowest BCUT2D eigenvalue weighted by Gasteiger charge is -2.29. The van der Waals surface area contributed by atoms with Gasteiger partial charge in [-0.3, -0.25) is 0 Å². The van der Waals surface area contributed by atoms with Gasteiger partial charge in [0.25, 0.3) is 14.1 Å². The van der Waals surface area contributed by atoms with E-state index in [-0.39, 0.29) is 14.1 Å². The Labute approximate surface area is 102 Å². The molecule has 0 aliphatic heterocycles. The summed E-state index contributed by atoms with van der Waals surface area (Å²) in [6.45, 7) is 14.1. The number of hydrogen-bond donors (Lipinski definition) is 0. The zero-order valence-electron chi connectivity index (χ0n) is 11.6. The molecule has 0 N–H and O–H groups in total. The second-order valence-electron chi connectivity index (χ2n) is 4.54. The van der Waals surface area contributed by atoms with E-state index in [1.165, 1.54) is 36.5 Å². The van der Waals surface area contributed by atoms with Crippen molar-refractivity contribution in [3.05, 3.63) is 0 Å². The van der Waals surface area contributed by atoms with Crippen molar-refractivity contribution in [2.45, 2.75) is 69.4 Å². The first kappa shape index (κ1) is 15.5. The largest absolute Gasteiger partial charge is 0.301 e. The molecule has 0 radical (unpaired) electrons. The highest BCUT2D eigenvalue weighted by molar-refractivity contribution is 6.58. The molecular formula is C13H30AlN. The van der Waals surface area contributed by atoms with Crippen LogP contribution in [-0.4, -0.2) is 38.2 Å². The molecule has 0 aromatic carbocycles. The van der Waals surface area contributed by atoms with Crippen LogP contribution in [0.25, 0.3) is 0 Å². The molecule has 0 heterocycles. The van der Waals surface area contributed by atoms with Crippen LogP contribution < -0.4 is 0 Å². The van der Waals surface area contributed by atoms with E-state index in [9.17, 15) is 0 Å². The first-order valence-corrected chi connectivity index (χ1v) is 9.42. The molecule has 0 saturated carbocycles. The topological polar surface area (TPSA) is 3.24 Å². The van der Waals surface area contributed by atoms with Gasteiger partial charge in [-0.2, -0.15) is 0 Å². The van der Waals surface area contributed by atoms with Gasteiger partial charge in [-0.1, -0.05) is 50.5 Å².